The number of likely N-dealkylation sites (tertiary alicyclic amines) is 1. The number of carbonyl (C=O) groups is 2. The zero-order valence-electron chi connectivity index (χ0n) is 14.9. The SMILES string of the molecule is O=C(O)CCC1CCCN(C(=O)CCc2nc(-c3ccc(Cl)cc3)no2)C1. The van der Waals surface area contributed by atoms with Crippen molar-refractivity contribution in [2.75, 3.05) is 13.1 Å². The Kier molecular flexibility index (Phi) is 6.45. The lowest BCUT2D eigenvalue weighted by atomic mass is 9.93. The Balaban J connectivity index is 1.50. The highest BCUT2D eigenvalue weighted by atomic mass is 35.5. The Hall–Kier alpha value is -2.41. The second-order valence-electron chi connectivity index (χ2n) is 6.80. The number of hydrogen-bond donors (Lipinski definition) is 1. The van der Waals surface area contributed by atoms with Gasteiger partial charge in [0.15, 0.2) is 0 Å². The predicted molar refractivity (Wildman–Crippen MR) is 99.2 cm³/mol. The van der Waals surface area contributed by atoms with Crippen LogP contribution in [0.15, 0.2) is 28.8 Å². The van der Waals surface area contributed by atoms with Gasteiger partial charge in [-0.2, -0.15) is 4.98 Å². The van der Waals surface area contributed by atoms with Gasteiger partial charge in [-0.25, -0.2) is 0 Å². The molecule has 1 amide bonds. The summed E-state index contributed by atoms with van der Waals surface area (Å²) >= 11 is 5.87. The first-order valence-electron chi connectivity index (χ1n) is 9.09. The molecule has 1 aliphatic heterocycles. The van der Waals surface area contributed by atoms with Crippen molar-refractivity contribution in [3.05, 3.63) is 35.2 Å². The molecule has 8 heteroatoms. The number of hydrogen-bond acceptors (Lipinski definition) is 5. The number of halogens is 1. The molecule has 0 aliphatic carbocycles. The molecule has 7 nitrogen and oxygen atoms in total. The van der Waals surface area contributed by atoms with Crippen LogP contribution in [0.3, 0.4) is 0 Å². The van der Waals surface area contributed by atoms with Gasteiger partial charge < -0.3 is 14.5 Å². The normalized spacial score (nSPS) is 17.1. The Bertz CT molecular complexity index is 791. The van der Waals surface area contributed by atoms with Crippen LogP contribution in [0.1, 0.15) is 38.0 Å². The molecule has 0 spiro atoms. The minimum atomic E-state index is -0.786. The van der Waals surface area contributed by atoms with Gasteiger partial charge in [-0.3, -0.25) is 9.59 Å². The topological polar surface area (TPSA) is 96.5 Å². The predicted octanol–water partition coefficient (Wildman–Crippen LogP) is 3.43. The van der Waals surface area contributed by atoms with Crippen LogP contribution in [0.25, 0.3) is 11.4 Å². The van der Waals surface area contributed by atoms with Crippen molar-refractivity contribution >= 4 is 23.5 Å². The monoisotopic (exact) mass is 391 g/mol. The number of carboxylic acid groups (broad SMARTS) is 1. The summed E-state index contributed by atoms with van der Waals surface area (Å²) in [6.07, 6.45) is 3.35. The smallest absolute Gasteiger partial charge is 0.303 e. The van der Waals surface area contributed by atoms with Crippen molar-refractivity contribution in [3.63, 3.8) is 0 Å². The number of aliphatic carboxylic acids is 1. The third kappa shape index (κ3) is 5.53. The third-order valence-electron chi connectivity index (χ3n) is 4.76. The molecule has 1 fully saturated rings. The fraction of sp³-hybridized carbons (Fsp3) is 0.474. The van der Waals surface area contributed by atoms with Crippen molar-refractivity contribution in [1.82, 2.24) is 15.0 Å². The van der Waals surface area contributed by atoms with Gasteiger partial charge in [0, 0.05) is 42.9 Å². The molecule has 1 aliphatic rings. The maximum Gasteiger partial charge on any atom is 0.303 e. The van der Waals surface area contributed by atoms with E-state index in [-0.39, 0.29) is 18.2 Å². The molecule has 2 aromatic rings. The number of benzene rings is 1. The highest BCUT2D eigenvalue weighted by Gasteiger charge is 2.24. The van der Waals surface area contributed by atoms with Crippen LogP contribution >= 0.6 is 11.6 Å². The maximum atomic E-state index is 12.5. The van der Waals surface area contributed by atoms with Gasteiger partial charge in [0.25, 0.3) is 0 Å². The Morgan fingerprint density at radius 2 is 2.04 bits per heavy atom. The summed E-state index contributed by atoms with van der Waals surface area (Å²) in [5.41, 5.74) is 0.804. The van der Waals surface area contributed by atoms with Crippen LogP contribution < -0.4 is 0 Å². The molecule has 0 radical (unpaired) electrons. The van der Waals surface area contributed by atoms with Crippen molar-refractivity contribution in [1.29, 1.82) is 0 Å². The number of carboxylic acids is 1. The molecule has 144 valence electrons. The van der Waals surface area contributed by atoms with Crippen LogP contribution in [-0.2, 0) is 16.0 Å². The van der Waals surface area contributed by atoms with E-state index in [4.69, 9.17) is 21.2 Å². The van der Waals surface area contributed by atoms with Gasteiger partial charge in [-0.15, -0.1) is 0 Å². The number of aromatic nitrogens is 2. The van der Waals surface area contributed by atoms with Crippen molar-refractivity contribution in [2.45, 2.75) is 38.5 Å². The van der Waals surface area contributed by atoms with Crippen LogP contribution in [0, 0.1) is 5.92 Å². The lowest BCUT2D eigenvalue weighted by molar-refractivity contribution is -0.137. The number of amides is 1. The summed E-state index contributed by atoms with van der Waals surface area (Å²) in [5, 5.41) is 13.4. The van der Waals surface area contributed by atoms with Gasteiger partial charge in [0.05, 0.1) is 0 Å². The molecule has 2 heterocycles. The average Bonchev–Trinajstić information content (AvgIpc) is 3.14. The molecule has 1 aromatic heterocycles. The summed E-state index contributed by atoms with van der Waals surface area (Å²) in [4.78, 5) is 29.4. The highest BCUT2D eigenvalue weighted by molar-refractivity contribution is 6.30. The molecule has 1 saturated heterocycles. The number of piperidine rings is 1. The Morgan fingerprint density at radius 3 is 2.78 bits per heavy atom. The fourth-order valence-corrected chi connectivity index (χ4v) is 3.43. The summed E-state index contributed by atoms with van der Waals surface area (Å²) in [7, 11) is 0. The second-order valence-corrected chi connectivity index (χ2v) is 7.24. The van der Waals surface area contributed by atoms with Gasteiger partial charge in [-0.05, 0) is 49.4 Å². The first kappa shape index (κ1) is 19.4. The first-order valence-corrected chi connectivity index (χ1v) is 9.47. The molecule has 0 saturated carbocycles. The molecule has 3 rings (SSSR count). The van der Waals surface area contributed by atoms with Gasteiger partial charge >= 0.3 is 5.97 Å². The van der Waals surface area contributed by atoms with Crippen molar-refractivity contribution in [2.24, 2.45) is 5.92 Å². The average molecular weight is 392 g/mol. The van der Waals surface area contributed by atoms with Crippen LogP contribution in [-0.4, -0.2) is 45.1 Å². The van der Waals surface area contributed by atoms with E-state index in [0.717, 1.165) is 24.9 Å². The Morgan fingerprint density at radius 1 is 1.26 bits per heavy atom. The van der Waals surface area contributed by atoms with E-state index in [2.05, 4.69) is 10.1 Å². The zero-order chi connectivity index (χ0) is 19.2. The van der Waals surface area contributed by atoms with E-state index in [1.54, 1.807) is 12.1 Å². The molecular formula is C19H22ClN3O4. The van der Waals surface area contributed by atoms with E-state index in [1.807, 2.05) is 17.0 Å². The minimum absolute atomic E-state index is 0.0428. The summed E-state index contributed by atoms with van der Waals surface area (Å²) < 4.78 is 5.24. The van der Waals surface area contributed by atoms with Crippen molar-refractivity contribution < 1.29 is 19.2 Å². The van der Waals surface area contributed by atoms with Gasteiger partial charge in [0.1, 0.15) is 0 Å². The lowest BCUT2D eigenvalue weighted by Crippen LogP contribution is -2.40. The summed E-state index contributed by atoms with van der Waals surface area (Å²) in [6.45, 7) is 1.36. The van der Waals surface area contributed by atoms with Gasteiger partial charge in [0.2, 0.25) is 17.6 Å². The van der Waals surface area contributed by atoms with E-state index in [1.165, 1.54) is 0 Å². The van der Waals surface area contributed by atoms with E-state index >= 15 is 0 Å². The third-order valence-corrected chi connectivity index (χ3v) is 5.01. The Labute approximate surface area is 162 Å². The number of rotatable bonds is 7. The quantitative estimate of drug-likeness (QED) is 0.776. The standard InChI is InChI=1S/C19H22ClN3O4/c20-15-6-4-14(5-7-15)19-21-16(27-22-19)8-9-17(24)23-11-1-2-13(12-23)3-10-18(25)26/h4-7,13H,1-3,8-12H2,(H,25,26). The molecule has 1 atom stereocenters. The fourth-order valence-electron chi connectivity index (χ4n) is 3.30. The molecule has 1 N–H and O–H groups in total. The van der Waals surface area contributed by atoms with Crippen LogP contribution in [0.5, 0.6) is 0 Å². The minimum Gasteiger partial charge on any atom is -0.481 e. The van der Waals surface area contributed by atoms with E-state index < -0.39 is 5.97 Å². The first-order chi connectivity index (χ1) is 13.0. The van der Waals surface area contributed by atoms with Crippen molar-refractivity contribution in [3.8, 4) is 11.4 Å². The lowest BCUT2D eigenvalue weighted by Gasteiger charge is -2.32. The zero-order valence-corrected chi connectivity index (χ0v) is 15.7. The molecule has 0 bridgehead atoms. The van der Waals surface area contributed by atoms with Crippen LogP contribution in [0.2, 0.25) is 5.02 Å². The summed E-state index contributed by atoms with van der Waals surface area (Å²) in [6, 6.07) is 7.14. The van der Waals surface area contributed by atoms with Crippen LogP contribution in [0.4, 0.5) is 0 Å². The molecule has 1 unspecified atom stereocenters. The molecule has 1 aromatic carbocycles. The molecular weight excluding hydrogens is 370 g/mol. The van der Waals surface area contributed by atoms with Gasteiger partial charge in [-0.1, -0.05) is 16.8 Å². The van der Waals surface area contributed by atoms with E-state index in [9.17, 15) is 9.59 Å². The summed E-state index contributed by atoms with van der Waals surface area (Å²) in [5.74, 6) is 0.417. The number of carbonyl (C=O) groups excluding carboxylic acids is 1. The van der Waals surface area contributed by atoms with E-state index in [0.29, 0.717) is 42.5 Å². The number of nitrogens with zero attached hydrogens (tertiary/aromatic N) is 3. The maximum absolute atomic E-state index is 12.5. The number of aryl methyl sites for hydroxylation is 1. The highest BCUT2D eigenvalue weighted by Crippen LogP contribution is 2.22. The largest absolute Gasteiger partial charge is 0.481 e. The second kappa shape index (κ2) is 8.99. The molecule has 27 heavy (non-hydrogen) atoms.